The molecule has 1 unspecified atom stereocenters. The van der Waals surface area contributed by atoms with Crippen molar-refractivity contribution in [1.29, 1.82) is 0 Å². The van der Waals surface area contributed by atoms with Gasteiger partial charge >= 0.3 is 0 Å². The molecule has 0 aliphatic rings. The van der Waals surface area contributed by atoms with Gasteiger partial charge in [-0.05, 0) is 25.1 Å². The highest BCUT2D eigenvalue weighted by atomic mass is 79.9. The number of hydrogen-bond donors (Lipinski definition) is 1. The summed E-state index contributed by atoms with van der Waals surface area (Å²) in [6.45, 7) is 5.78. The van der Waals surface area contributed by atoms with E-state index in [1.54, 1.807) is 6.92 Å². The Hall–Kier alpha value is -0.320. The minimum Gasteiger partial charge on any atom is -0.488 e. The van der Waals surface area contributed by atoms with Crippen molar-refractivity contribution >= 4 is 31.9 Å². The molecule has 0 aliphatic carbocycles. The molecule has 0 heterocycles. The predicted octanol–water partition coefficient (Wildman–Crippen LogP) is 3.79. The highest BCUT2D eigenvalue weighted by Gasteiger charge is 2.09. The zero-order valence-corrected chi connectivity index (χ0v) is 11.5. The number of hydrogen-bond acceptors (Lipinski definition) is 2. The Morgan fingerprint density at radius 3 is 2.80 bits per heavy atom. The van der Waals surface area contributed by atoms with E-state index in [-0.39, 0.29) is 0 Å². The molecule has 0 aliphatic heterocycles. The largest absolute Gasteiger partial charge is 0.488 e. The number of aliphatic hydroxyl groups excluding tert-OH is 1. The molecule has 0 spiro atoms. The molecule has 4 heteroatoms. The van der Waals surface area contributed by atoms with E-state index >= 15 is 0 Å². The van der Waals surface area contributed by atoms with Crippen LogP contribution in [0.4, 0.5) is 0 Å². The lowest BCUT2D eigenvalue weighted by Gasteiger charge is -2.13. The van der Waals surface area contributed by atoms with E-state index in [0.29, 0.717) is 12.4 Å². The third-order valence-electron chi connectivity index (χ3n) is 1.81. The van der Waals surface area contributed by atoms with Crippen molar-refractivity contribution in [3.05, 3.63) is 39.3 Å². The first-order valence-corrected chi connectivity index (χ1v) is 6.03. The number of halogens is 2. The fourth-order valence-electron chi connectivity index (χ4n) is 1.13. The van der Waals surface area contributed by atoms with E-state index < -0.39 is 6.10 Å². The van der Waals surface area contributed by atoms with Crippen LogP contribution in [0, 0.1) is 0 Å². The van der Waals surface area contributed by atoms with Crippen LogP contribution in [0.2, 0.25) is 0 Å². The molecule has 0 radical (unpaired) electrons. The Kier molecular flexibility index (Phi) is 4.83. The summed E-state index contributed by atoms with van der Waals surface area (Å²) in [5.41, 5.74) is 0.762. The molecule has 82 valence electrons. The second-order valence-electron chi connectivity index (χ2n) is 3.16. The molecule has 0 fully saturated rings. The Bertz CT molecular complexity index is 362. The van der Waals surface area contributed by atoms with Gasteiger partial charge in [-0.2, -0.15) is 0 Å². The lowest BCUT2D eigenvalue weighted by atomic mass is 10.1. The fourth-order valence-corrected chi connectivity index (χ4v) is 1.63. The van der Waals surface area contributed by atoms with Crippen LogP contribution in [0.3, 0.4) is 0 Å². The predicted molar refractivity (Wildman–Crippen MR) is 68.3 cm³/mol. The molecule has 1 rings (SSSR count). The second kappa shape index (κ2) is 5.68. The van der Waals surface area contributed by atoms with Gasteiger partial charge in [0.05, 0.1) is 6.10 Å². The van der Waals surface area contributed by atoms with E-state index in [0.717, 1.165) is 14.5 Å². The Labute approximate surface area is 106 Å². The van der Waals surface area contributed by atoms with Crippen LogP contribution in [0.25, 0.3) is 0 Å². The van der Waals surface area contributed by atoms with Gasteiger partial charge in [0.1, 0.15) is 12.4 Å². The summed E-state index contributed by atoms with van der Waals surface area (Å²) in [6.07, 6.45) is -0.555. The van der Waals surface area contributed by atoms with Crippen molar-refractivity contribution in [2.75, 3.05) is 6.61 Å². The van der Waals surface area contributed by atoms with Crippen molar-refractivity contribution in [2.24, 2.45) is 0 Å². The summed E-state index contributed by atoms with van der Waals surface area (Å²) in [7, 11) is 0. The van der Waals surface area contributed by atoms with Crippen molar-refractivity contribution < 1.29 is 9.84 Å². The van der Waals surface area contributed by atoms with Crippen LogP contribution in [-0.4, -0.2) is 11.7 Å². The van der Waals surface area contributed by atoms with Crippen molar-refractivity contribution in [3.63, 3.8) is 0 Å². The molecular weight excluding hydrogens is 324 g/mol. The smallest absolute Gasteiger partial charge is 0.125 e. The van der Waals surface area contributed by atoms with Crippen LogP contribution in [0.15, 0.2) is 33.7 Å². The maximum Gasteiger partial charge on any atom is 0.125 e. The van der Waals surface area contributed by atoms with Crippen LogP contribution in [-0.2, 0) is 0 Å². The summed E-state index contributed by atoms with van der Waals surface area (Å²) in [6, 6.07) is 5.54. The van der Waals surface area contributed by atoms with Crippen molar-refractivity contribution in [1.82, 2.24) is 0 Å². The second-order valence-corrected chi connectivity index (χ2v) is 5.20. The maximum atomic E-state index is 9.56. The van der Waals surface area contributed by atoms with Crippen LogP contribution >= 0.6 is 31.9 Å². The first-order chi connectivity index (χ1) is 7.00. The first kappa shape index (κ1) is 12.7. The summed E-state index contributed by atoms with van der Waals surface area (Å²) < 4.78 is 7.17. The monoisotopic (exact) mass is 334 g/mol. The summed E-state index contributed by atoms with van der Waals surface area (Å²) in [5.74, 6) is 0.675. The summed E-state index contributed by atoms with van der Waals surface area (Å²) >= 11 is 6.57. The van der Waals surface area contributed by atoms with E-state index in [4.69, 9.17) is 4.74 Å². The molecule has 1 aromatic rings. The molecule has 1 aromatic carbocycles. The van der Waals surface area contributed by atoms with Gasteiger partial charge < -0.3 is 9.84 Å². The molecule has 15 heavy (non-hydrogen) atoms. The lowest BCUT2D eigenvalue weighted by molar-refractivity contribution is 0.193. The molecule has 0 saturated carbocycles. The van der Waals surface area contributed by atoms with E-state index in [9.17, 15) is 5.11 Å². The lowest BCUT2D eigenvalue weighted by Crippen LogP contribution is -2.01. The van der Waals surface area contributed by atoms with Crippen molar-refractivity contribution in [2.45, 2.75) is 13.0 Å². The molecule has 0 bridgehead atoms. The third kappa shape index (κ3) is 3.97. The van der Waals surface area contributed by atoms with Gasteiger partial charge in [0.15, 0.2) is 0 Å². The number of benzene rings is 1. The van der Waals surface area contributed by atoms with Gasteiger partial charge in [0.25, 0.3) is 0 Å². The average molecular weight is 336 g/mol. The average Bonchev–Trinajstić information content (AvgIpc) is 2.15. The standard InChI is InChI=1S/C11H12Br2O2/c1-7(12)6-15-11-4-3-9(13)5-10(11)8(2)14/h3-5,8,14H,1,6H2,2H3. The van der Waals surface area contributed by atoms with E-state index in [1.165, 1.54) is 0 Å². The molecule has 0 aromatic heterocycles. The SMILES string of the molecule is C=C(Br)COc1ccc(Br)cc1C(C)O. The molecule has 0 amide bonds. The van der Waals surface area contributed by atoms with Crippen LogP contribution < -0.4 is 4.74 Å². The van der Waals surface area contributed by atoms with E-state index in [1.807, 2.05) is 18.2 Å². The summed E-state index contributed by atoms with van der Waals surface area (Å²) in [5, 5.41) is 9.56. The Morgan fingerprint density at radius 1 is 1.60 bits per heavy atom. The Morgan fingerprint density at radius 2 is 2.27 bits per heavy atom. The van der Waals surface area contributed by atoms with Gasteiger partial charge in [-0.25, -0.2) is 0 Å². The van der Waals surface area contributed by atoms with Gasteiger partial charge in [-0.15, -0.1) is 0 Å². The molecular formula is C11H12Br2O2. The van der Waals surface area contributed by atoms with Crippen LogP contribution in [0.5, 0.6) is 5.75 Å². The molecule has 2 nitrogen and oxygen atoms in total. The first-order valence-electron chi connectivity index (χ1n) is 4.44. The summed E-state index contributed by atoms with van der Waals surface area (Å²) in [4.78, 5) is 0. The minimum absolute atomic E-state index is 0.390. The zero-order chi connectivity index (χ0) is 11.4. The van der Waals surface area contributed by atoms with Gasteiger partial charge in [0.2, 0.25) is 0 Å². The van der Waals surface area contributed by atoms with Gasteiger partial charge in [0, 0.05) is 14.5 Å². The van der Waals surface area contributed by atoms with Gasteiger partial charge in [-0.3, -0.25) is 0 Å². The Balaban J connectivity index is 2.90. The molecule has 1 N–H and O–H groups in total. The number of aliphatic hydroxyl groups is 1. The highest BCUT2D eigenvalue weighted by molar-refractivity contribution is 9.11. The fraction of sp³-hybridized carbons (Fsp3) is 0.273. The van der Waals surface area contributed by atoms with Crippen molar-refractivity contribution in [3.8, 4) is 5.75 Å². The topological polar surface area (TPSA) is 29.5 Å². The maximum absolute atomic E-state index is 9.56. The quantitative estimate of drug-likeness (QED) is 0.907. The minimum atomic E-state index is -0.555. The third-order valence-corrected chi connectivity index (χ3v) is 2.53. The van der Waals surface area contributed by atoms with E-state index in [2.05, 4.69) is 38.4 Å². The number of ether oxygens (including phenoxy) is 1. The normalized spacial score (nSPS) is 12.3. The number of rotatable bonds is 4. The molecule has 0 saturated heterocycles. The molecule has 1 atom stereocenters. The van der Waals surface area contributed by atoms with Crippen LogP contribution in [0.1, 0.15) is 18.6 Å². The zero-order valence-electron chi connectivity index (χ0n) is 8.34. The van der Waals surface area contributed by atoms with Gasteiger partial charge in [-0.1, -0.05) is 38.4 Å². The highest BCUT2D eigenvalue weighted by Crippen LogP contribution is 2.28.